The highest BCUT2D eigenvalue weighted by Gasteiger charge is 2.42. The van der Waals surface area contributed by atoms with Crippen LogP contribution in [0.1, 0.15) is 66.0 Å². The summed E-state index contributed by atoms with van der Waals surface area (Å²) in [7, 11) is 0. The predicted octanol–water partition coefficient (Wildman–Crippen LogP) is 5.72. The smallest absolute Gasteiger partial charge is 0.273 e. The average molecular weight is 520 g/mol. The van der Waals surface area contributed by atoms with E-state index in [1.165, 1.54) is 0 Å². The second kappa shape index (κ2) is 11.7. The van der Waals surface area contributed by atoms with Gasteiger partial charge >= 0.3 is 0 Å². The molecule has 0 aliphatic carbocycles. The fourth-order valence-electron chi connectivity index (χ4n) is 4.90. The third-order valence-corrected chi connectivity index (χ3v) is 6.50. The maximum atomic E-state index is 13.7. The van der Waals surface area contributed by atoms with Crippen LogP contribution in [0.4, 0.5) is 0 Å². The summed E-state index contributed by atoms with van der Waals surface area (Å²) >= 11 is 0. The molecule has 8 nitrogen and oxygen atoms in total. The largest absolute Gasteiger partial charge is 0.507 e. The van der Waals surface area contributed by atoms with Crippen LogP contribution < -0.4 is 9.47 Å². The average Bonchev–Trinajstić information content (AvgIpc) is 3.42. The molecule has 38 heavy (non-hydrogen) atoms. The lowest BCUT2D eigenvalue weighted by molar-refractivity contribution is 0.0601. The van der Waals surface area contributed by atoms with Crippen molar-refractivity contribution < 1.29 is 24.1 Å². The van der Waals surface area contributed by atoms with Crippen molar-refractivity contribution in [3.05, 3.63) is 70.9 Å². The summed E-state index contributed by atoms with van der Waals surface area (Å²) < 4.78 is 17.5. The molecule has 0 radical (unpaired) electrons. The quantitative estimate of drug-likeness (QED) is 0.235. The van der Waals surface area contributed by atoms with Gasteiger partial charge in [0.15, 0.2) is 11.5 Å². The summed E-state index contributed by atoms with van der Waals surface area (Å²) in [6, 6.07) is 9.12. The van der Waals surface area contributed by atoms with Crippen molar-refractivity contribution in [2.75, 3.05) is 26.4 Å². The van der Waals surface area contributed by atoms with Crippen molar-refractivity contribution in [2.24, 2.45) is 0 Å². The number of phenols is 1. The fourth-order valence-corrected chi connectivity index (χ4v) is 4.90. The van der Waals surface area contributed by atoms with Gasteiger partial charge in [-0.3, -0.25) is 9.89 Å². The number of benzene rings is 2. The molecule has 202 valence electrons. The van der Waals surface area contributed by atoms with Gasteiger partial charge < -0.3 is 24.2 Å². The molecule has 2 N–H and O–H groups in total. The first kappa shape index (κ1) is 27.3. The van der Waals surface area contributed by atoms with Crippen LogP contribution in [0.2, 0.25) is 0 Å². The number of fused-ring (bicyclic) bond motifs is 1. The summed E-state index contributed by atoms with van der Waals surface area (Å²) in [6.07, 6.45) is 2.48. The van der Waals surface area contributed by atoms with E-state index in [0.29, 0.717) is 61.2 Å². The standard InChI is InChI=1S/C30H37N3O5/c1-7-13-38-23-11-10-21(17-24(23)36-8-2)28-25-26(22-16-19(5)15-20(6)29(22)34)31-32-27(25)30(35)33(28)12-9-14-37-18(3)4/h7,10-11,15-18,28,34H,1,8-9,12-14H2,2-6H3,(H,31,32). The molecule has 0 spiro atoms. The Morgan fingerprint density at radius 2 is 1.97 bits per heavy atom. The molecule has 1 aliphatic rings. The lowest BCUT2D eigenvalue weighted by atomic mass is 9.94. The number of nitrogens with zero attached hydrogens (tertiary/aromatic N) is 2. The van der Waals surface area contributed by atoms with Crippen molar-refractivity contribution in [1.82, 2.24) is 15.1 Å². The van der Waals surface area contributed by atoms with Crippen LogP contribution in [-0.4, -0.2) is 58.6 Å². The Labute approximate surface area is 224 Å². The highest BCUT2D eigenvalue weighted by molar-refractivity contribution is 6.00. The maximum absolute atomic E-state index is 13.7. The van der Waals surface area contributed by atoms with Gasteiger partial charge in [0.05, 0.1) is 18.8 Å². The van der Waals surface area contributed by atoms with E-state index in [9.17, 15) is 9.90 Å². The molecule has 1 atom stereocenters. The van der Waals surface area contributed by atoms with Crippen molar-refractivity contribution in [2.45, 2.75) is 53.2 Å². The molecule has 1 aromatic heterocycles. The van der Waals surface area contributed by atoms with E-state index in [0.717, 1.165) is 22.3 Å². The number of aromatic hydroxyl groups is 1. The van der Waals surface area contributed by atoms with Crippen LogP contribution in [0.15, 0.2) is 43.0 Å². The molecular formula is C30H37N3O5. The number of carbonyl (C=O) groups excluding carboxylic acids is 1. The van der Waals surface area contributed by atoms with E-state index >= 15 is 0 Å². The molecule has 3 aromatic rings. The van der Waals surface area contributed by atoms with Crippen LogP contribution in [-0.2, 0) is 4.74 Å². The van der Waals surface area contributed by atoms with E-state index in [-0.39, 0.29) is 17.8 Å². The monoisotopic (exact) mass is 519 g/mol. The lowest BCUT2D eigenvalue weighted by Crippen LogP contribution is -2.31. The van der Waals surface area contributed by atoms with Crippen molar-refractivity contribution in [3.63, 3.8) is 0 Å². The molecule has 2 aromatic carbocycles. The molecule has 1 unspecified atom stereocenters. The normalized spacial score (nSPS) is 14.7. The fraction of sp³-hybridized carbons (Fsp3) is 0.400. The number of aryl methyl sites for hydroxylation is 2. The second-order valence-corrected chi connectivity index (χ2v) is 9.75. The number of rotatable bonds is 12. The number of nitrogens with one attached hydrogen (secondary N) is 1. The van der Waals surface area contributed by atoms with Crippen molar-refractivity contribution >= 4 is 5.91 Å². The van der Waals surface area contributed by atoms with E-state index in [1.54, 1.807) is 6.08 Å². The van der Waals surface area contributed by atoms with Crippen LogP contribution in [0.25, 0.3) is 11.3 Å². The first-order valence-electron chi connectivity index (χ1n) is 13.1. The molecule has 0 saturated carbocycles. The molecule has 1 amide bonds. The molecule has 0 fully saturated rings. The zero-order valence-electron chi connectivity index (χ0n) is 22.8. The summed E-state index contributed by atoms with van der Waals surface area (Å²) in [5.41, 5.74) is 4.94. The number of aromatic nitrogens is 2. The van der Waals surface area contributed by atoms with Gasteiger partial charge in [0.1, 0.15) is 23.7 Å². The first-order valence-corrected chi connectivity index (χ1v) is 13.1. The maximum Gasteiger partial charge on any atom is 0.273 e. The van der Waals surface area contributed by atoms with Gasteiger partial charge in [0.2, 0.25) is 0 Å². The van der Waals surface area contributed by atoms with E-state index in [2.05, 4.69) is 16.8 Å². The predicted molar refractivity (Wildman–Crippen MR) is 147 cm³/mol. The molecule has 4 rings (SSSR count). The molecular weight excluding hydrogens is 482 g/mol. The topological polar surface area (TPSA) is 96.9 Å². The molecule has 1 aliphatic heterocycles. The highest BCUT2D eigenvalue weighted by Crippen LogP contribution is 2.46. The van der Waals surface area contributed by atoms with Gasteiger partial charge in [-0.2, -0.15) is 5.10 Å². The number of amides is 1. The Morgan fingerprint density at radius 1 is 1.18 bits per heavy atom. The van der Waals surface area contributed by atoms with Gasteiger partial charge in [0.25, 0.3) is 5.91 Å². The number of phenolic OH excluding ortho intramolecular Hbond substituents is 1. The third kappa shape index (κ3) is 5.41. The van der Waals surface area contributed by atoms with E-state index in [1.807, 2.05) is 69.9 Å². The Bertz CT molecular complexity index is 1310. The minimum Gasteiger partial charge on any atom is -0.507 e. The van der Waals surface area contributed by atoms with Crippen LogP contribution >= 0.6 is 0 Å². The van der Waals surface area contributed by atoms with E-state index < -0.39 is 6.04 Å². The van der Waals surface area contributed by atoms with Crippen molar-refractivity contribution in [3.8, 4) is 28.5 Å². The molecule has 2 heterocycles. The number of aromatic amines is 1. The number of hydrogen-bond acceptors (Lipinski definition) is 6. The summed E-state index contributed by atoms with van der Waals surface area (Å²) in [6.45, 7) is 15.3. The van der Waals surface area contributed by atoms with E-state index in [4.69, 9.17) is 14.2 Å². The summed E-state index contributed by atoms with van der Waals surface area (Å²) in [5, 5.41) is 18.4. The Balaban J connectivity index is 1.82. The zero-order valence-corrected chi connectivity index (χ0v) is 22.8. The third-order valence-electron chi connectivity index (χ3n) is 6.50. The van der Waals surface area contributed by atoms with Gasteiger partial charge in [-0.15, -0.1) is 0 Å². The highest BCUT2D eigenvalue weighted by atomic mass is 16.5. The van der Waals surface area contributed by atoms with Gasteiger partial charge in [-0.05, 0) is 75.9 Å². The van der Waals surface area contributed by atoms with Crippen LogP contribution in [0.5, 0.6) is 17.2 Å². The van der Waals surface area contributed by atoms with Crippen LogP contribution in [0.3, 0.4) is 0 Å². The van der Waals surface area contributed by atoms with Crippen LogP contribution in [0, 0.1) is 13.8 Å². The molecule has 0 bridgehead atoms. The molecule has 8 heteroatoms. The molecule has 0 saturated heterocycles. The summed E-state index contributed by atoms with van der Waals surface area (Å²) in [5.74, 6) is 1.22. The minimum atomic E-state index is -0.432. The lowest BCUT2D eigenvalue weighted by Gasteiger charge is -2.27. The number of ether oxygens (including phenoxy) is 3. The number of carbonyl (C=O) groups is 1. The van der Waals surface area contributed by atoms with Gasteiger partial charge in [0, 0.05) is 24.3 Å². The zero-order chi connectivity index (χ0) is 27.4. The Morgan fingerprint density at radius 3 is 2.68 bits per heavy atom. The Hall–Kier alpha value is -3.78. The Kier molecular flexibility index (Phi) is 8.42. The second-order valence-electron chi connectivity index (χ2n) is 9.75. The van der Waals surface area contributed by atoms with Gasteiger partial charge in [-0.1, -0.05) is 24.8 Å². The van der Waals surface area contributed by atoms with Crippen molar-refractivity contribution in [1.29, 1.82) is 0 Å². The van der Waals surface area contributed by atoms with Gasteiger partial charge in [-0.25, -0.2) is 0 Å². The minimum absolute atomic E-state index is 0.119. The SMILES string of the molecule is C=CCOc1ccc(C2c3c(-c4cc(C)cc(C)c4O)n[nH]c3C(=O)N2CCCOC(C)C)cc1OCC. The number of H-pyrrole nitrogens is 1. The first-order chi connectivity index (χ1) is 18.3. The number of hydrogen-bond donors (Lipinski definition) is 2. The summed E-state index contributed by atoms with van der Waals surface area (Å²) in [4.78, 5) is 15.5.